The van der Waals surface area contributed by atoms with Crippen molar-refractivity contribution in [2.24, 2.45) is 0 Å². The van der Waals surface area contributed by atoms with Crippen LogP contribution in [0.15, 0.2) is 47.9 Å². The minimum atomic E-state index is -4.47. The molecule has 12 nitrogen and oxygen atoms in total. The summed E-state index contributed by atoms with van der Waals surface area (Å²) >= 11 is 6.48. The second-order valence-electron chi connectivity index (χ2n) is 9.92. The molecule has 1 spiro atoms. The quantitative estimate of drug-likeness (QED) is 0.322. The first kappa shape index (κ1) is 26.9. The zero-order chi connectivity index (χ0) is 28.6. The minimum absolute atomic E-state index is 0.0145. The number of hydrogen-bond donors (Lipinski definition) is 0. The smallest absolute Gasteiger partial charge is 0.306 e. The molecule has 0 bridgehead atoms. The standard InChI is InChI=1S/C23H23ClF2N8O4S2/c1-30(2)40(37,38)32-6-3-17(13-32)39(35,36)34-19-10-15(25)9-18(24)20(19)21(29-34)33-8-7-31(14-23(33)4-5-23)22-27-11-16(26)12-28-22/h3,6,9-13H,4-5,7-8,14H2,1-2H3. The molecule has 0 atom stereocenters. The molecule has 6 rings (SSSR count). The van der Waals surface area contributed by atoms with E-state index in [4.69, 9.17) is 11.6 Å². The second kappa shape index (κ2) is 9.09. The monoisotopic (exact) mass is 612 g/mol. The molecule has 1 saturated carbocycles. The lowest BCUT2D eigenvalue weighted by molar-refractivity contribution is 0.497. The first-order valence-electron chi connectivity index (χ1n) is 12.1. The fraction of sp³-hybridized carbons (Fsp3) is 0.348. The van der Waals surface area contributed by atoms with Crippen molar-refractivity contribution < 1.29 is 25.6 Å². The van der Waals surface area contributed by atoms with E-state index in [1.54, 1.807) is 0 Å². The largest absolute Gasteiger partial charge is 0.345 e. The van der Waals surface area contributed by atoms with Crippen LogP contribution >= 0.6 is 11.6 Å². The number of piperazine rings is 1. The van der Waals surface area contributed by atoms with Crippen LogP contribution in [0.3, 0.4) is 0 Å². The topological polar surface area (TPSA) is 127 Å². The van der Waals surface area contributed by atoms with Crippen LogP contribution in [0.2, 0.25) is 5.02 Å². The summed E-state index contributed by atoms with van der Waals surface area (Å²) in [4.78, 5) is 11.7. The van der Waals surface area contributed by atoms with E-state index in [-0.39, 0.29) is 26.6 Å². The van der Waals surface area contributed by atoms with Gasteiger partial charge in [0.25, 0.3) is 10.0 Å². The molecule has 40 heavy (non-hydrogen) atoms. The number of aromatic nitrogens is 5. The molecule has 0 radical (unpaired) electrons. The van der Waals surface area contributed by atoms with Gasteiger partial charge in [0.05, 0.1) is 33.9 Å². The van der Waals surface area contributed by atoms with Crippen molar-refractivity contribution in [3.63, 3.8) is 0 Å². The van der Waals surface area contributed by atoms with Crippen molar-refractivity contribution in [1.82, 2.24) is 27.4 Å². The summed E-state index contributed by atoms with van der Waals surface area (Å²) < 4.78 is 82.8. The summed E-state index contributed by atoms with van der Waals surface area (Å²) in [6.07, 6.45) is 5.78. The zero-order valence-corrected chi connectivity index (χ0v) is 23.6. The first-order chi connectivity index (χ1) is 18.8. The number of anilines is 2. The van der Waals surface area contributed by atoms with E-state index in [1.165, 1.54) is 14.1 Å². The third-order valence-electron chi connectivity index (χ3n) is 7.17. The van der Waals surface area contributed by atoms with Gasteiger partial charge >= 0.3 is 10.2 Å². The van der Waals surface area contributed by atoms with Crippen LogP contribution in [-0.4, -0.2) is 83.5 Å². The van der Waals surface area contributed by atoms with Gasteiger partial charge in [0, 0.05) is 52.2 Å². The lowest BCUT2D eigenvalue weighted by atomic mass is 10.1. The summed E-state index contributed by atoms with van der Waals surface area (Å²) in [5.74, 6) is -0.658. The fourth-order valence-corrected chi connectivity index (χ4v) is 7.42. The van der Waals surface area contributed by atoms with E-state index in [2.05, 4.69) is 15.1 Å². The number of benzene rings is 1. The number of rotatable bonds is 6. The van der Waals surface area contributed by atoms with Gasteiger partial charge in [-0.15, -0.1) is 5.10 Å². The van der Waals surface area contributed by atoms with Crippen LogP contribution in [0.25, 0.3) is 10.9 Å². The summed E-state index contributed by atoms with van der Waals surface area (Å²) in [6, 6.07) is 3.26. The molecule has 1 aromatic carbocycles. The van der Waals surface area contributed by atoms with Gasteiger partial charge in [0.1, 0.15) is 10.7 Å². The van der Waals surface area contributed by atoms with E-state index < -0.39 is 37.4 Å². The van der Waals surface area contributed by atoms with Crippen molar-refractivity contribution >= 4 is 54.5 Å². The van der Waals surface area contributed by atoms with Crippen molar-refractivity contribution in [3.05, 3.63) is 59.6 Å². The molecule has 4 aromatic rings. The van der Waals surface area contributed by atoms with Gasteiger partial charge in [-0.25, -0.2) is 22.7 Å². The van der Waals surface area contributed by atoms with Crippen molar-refractivity contribution in [2.45, 2.75) is 23.3 Å². The first-order valence-corrected chi connectivity index (χ1v) is 15.3. The van der Waals surface area contributed by atoms with Gasteiger partial charge in [-0.3, -0.25) is 0 Å². The van der Waals surface area contributed by atoms with Gasteiger partial charge in [0.15, 0.2) is 11.6 Å². The fourth-order valence-electron chi connectivity index (χ4n) is 4.96. The molecule has 212 valence electrons. The molecular formula is C23H23ClF2N8O4S2. The van der Waals surface area contributed by atoms with E-state index in [0.29, 0.717) is 29.7 Å². The summed E-state index contributed by atoms with van der Waals surface area (Å²) in [6.45, 7) is 1.29. The molecule has 17 heteroatoms. The zero-order valence-electron chi connectivity index (χ0n) is 21.2. The predicted octanol–water partition coefficient (Wildman–Crippen LogP) is 2.31. The van der Waals surface area contributed by atoms with Crippen molar-refractivity contribution in [1.29, 1.82) is 0 Å². The highest BCUT2D eigenvalue weighted by molar-refractivity contribution is 7.90. The van der Waals surface area contributed by atoms with Crippen LogP contribution in [-0.2, 0) is 20.2 Å². The lowest BCUT2D eigenvalue weighted by Gasteiger charge is -2.42. The predicted molar refractivity (Wildman–Crippen MR) is 143 cm³/mol. The van der Waals surface area contributed by atoms with Gasteiger partial charge in [-0.1, -0.05) is 11.6 Å². The Balaban J connectivity index is 1.43. The SMILES string of the molecule is CN(C)S(=O)(=O)n1ccc(S(=O)(=O)n2nc(N3CCN(c4ncc(F)cn4)CC34CC4)c3c(Cl)cc(F)cc32)c1. The van der Waals surface area contributed by atoms with Crippen LogP contribution in [0.1, 0.15) is 12.8 Å². The molecule has 1 saturated heterocycles. The van der Waals surface area contributed by atoms with Crippen LogP contribution in [0.5, 0.6) is 0 Å². The molecule has 2 fully saturated rings. The molecule has 3 aromatic heterocycles. The highest BCUT2D eigenvalue weighted by Gasteiger charge is 2.53. The van der Waals surface area contributed by atoms with E-state index in [1.807, 2.05) is 9.80 Å². The normalized spacial score (nSPS) is 17.4. The maximum atomic E-state index is 14.5. The van der Waals surface area contributed by atoms with E-state index in [9.17, 15) is 25.6 Å². The third-order valence-corrected chi connectivity index (χ3v) is 10.7. The average Bonchev–Trinajstić information content (AvgIpc) is 3.29. The van der Waals surface area contributed by atoms with E-state index in [0.717, 1.165) is 64.1 Å². The number of hydrogen-bond acceptors (Lipinski definition) is 9. The Kier molecular flexibility index (Phi) is 6.10. The highest BCUT2D eigenvalue weighted by atomic mass is 35.5. The molecule has 1 aliphatic carbocycles. The minimum Gasteiger partial charge on any atom is -0.345 e. The number of nitrogens with zero attached hydrogens (tertiary/aromatic N) is 8. The molecule has 0 amide bonds. The second-order valence-corrected chi connectivity index (χ2v) is 14.1. The summed E-state index contributed by atoms with van der Waals surface area (Å²) in [7, 11) is -5.81. The Labute approximate surface area is 233 Å². The summed E-state index contributed by atoms with van der Waals surface area (Å²) in [5, 5.41) is 4.69. The van der Waals surface area contributed by atoms with Gasteiger partial charge in [-0.2, -0.15) is 25.2 Å². The maximum Gasteiger partial charge on any atom is 0.306 e. The Hall–Kier alpha value is -3.34. The lowest BCUT2D eigenvalue weighted by Crippen LogP contribution is -2.56. The van der Waals surface area contributed by atoms with Gasteiger partial charge < -0.3 is 9.80 Å². The molecule has 0 unspecified atom stereocenters. The van der Waals surface area contributed by atoms with Crippen LogP contribution < -0.4 is 9.80 Å². The highest BCUT2D eigenvalue weighted by Crippen LogP contribution is 2.49. The molecule has 1 aliphatic heterocycles. The van der Waals surface area contributed by atoms with Crippen molar-refractivity contribution in [2.75, 3.05) is 43.5 Å². The Morgan fingerprint density at radius 2 is 1.73 bits per heavy atom. The average molecular weight is 613 g/mol. The molecule has 0 N–H and O–H groups in total. The van der Waals surface area contributed by atoms with Gasteiger partial charge in [0.2, 0.25) is 5.95 Å². The number of fused-ring (bicyclic) bond motifs is 1. The van der Waals surface area contributed by atoms with Gasteiger partial charge in [-0.05, 0) is 25.0 Å². The third kappa shape index (κ3) is 4.20. The number of halogens is 3. The maximum absolute atomic E-state index is 14.5. The molecule has 2 aliphatic rings. The van der Waals surface area contributed by atoms with Crippen LogP contribution in [0.4, 0.5) is 20.5 Å². The Morgan fingerprint density at radius 3 is 2.38 bits per heavy atom. The van der Waals surface area contributed by atoms with E-state index >= 15 is 0 Å². The molecule has 4 heterocycles. The summed E-state index contributed by atoms with van der Waals surface area (Å²) in [5.41, 5.74) is -0.518. The molecular weight excluding hydrogens is 590 g/mol. The Morgan fingerprint density at radius 1 is 1.02 bits per heavy atom. The van der Waals surface area contributed by atoms with Crippen molar-refractivity contribution in [3.8, 4) is 0 Å². The Bertz CT molecular complexity index is 1860. The van der Waals surface area contributed by atoms with Crippen LogP contribution in [0, 0.1) is 11.6 Å².